The highest BCUT2D eigenvalue weighted by molar-refractivity contribution is 8.01. The lowest BCUT2D eigenvalue weighted by molar-refractivity contribution is -0.163. The zero-order valence-electron chi connectivity index (χ0n) is 16.5. The van der Waals surface area contributed by atoms with Gasteiger partial charge in [0.1, 0.15) is 0 Å². The maximum absolute atomic E-state index is 13.5. The third-order valence-corrected chi connectivity index (χ3v) is 9.70. The predicted octanol–water partition coefficient (Wildman–Crippen LogP) is 3.90. The number of hydrogen-bond acceptors (Lipinski definition) is 4. The summed E-state index contributed by atoms with van der Waals surface area (Å²) in [5.41, 5.74) is 1.16. The Kier molecular flexibility index (Phi) is 4.10. The van der Waals surface area contributed by atoms with Crippen LogP contribution in [0.4, 0.5) is 0 Å². The summed E-state index contributed by atoms with van der Waals surface area (Å²) < 4.78 is 6.41. The Bertz CT molecular complexity index is 726. The second-order valence-electron chi connectivity index (χ2n) is 10.4. The minimum absolute atomic E-state index is 0.0237. The first kappa shape index (κ1) is 17.8. The number of aromatic nitrogens is 1. The summed E-state index contributed by atoms with van der Waals surface area (Å²) >= 11 is 2.04. The number of likely N-dealkylation sites (tertiary alicyclic amines) is 1. The molecule has 2 aliphatic heterocycles. The second kappa shape index (κ2) is 6.46. The van der Waals surface area contributed by atoms with Crippen LogP contribution in [0, 0.1) is 23.2 Å². The van der Waals surface area contributed by atoms with Crippen LogP contribution in [-0.4, -0.2) is 45.5 Å². The first-order valence-electron chi connectivity index (χ1n) is 11.1. The molecule has 6 aliphatic rings. The number of pyridine rings is 1. The van der Waals surface area contributed by atoms with Crippen molar-refractivity contribution in [1.82, 2.24) is 9.88 Å². The van der Waals surface area contributed by atoms with Crippen molar-refractivity contribution in [2.75, 3.05) is 18.8 Å². The third kappa shape index (κ3) is 2.92. The van der Waals surface area contributed by atoms with E-state index in [0.29, 0.717) is 18.6 Å². The van der Waals surface area contributed by atoms with Crippen LogP contribution < -0.4 is 0 Å². The first-order valence-corrected chi connectivity index (χ1v) is 12.0. The van der Waals surface area contributed by atoms with E-state index in [1.807, 2.05) is 24.0 Å². The van der Waals surface area contributed by atoms with E-state index in [-0.39, 0.29) is 10.2 Å². The number of amides is 1. The van der Waals surface area contributed by atoms with Gasteiger partial charge in [0.2, 0.25) is 5.91 Å². The quantitative estimate of drug-likeness (QED) is 0.771. The van der Waals surface area contributed by atoms with Gasteiger partial charge < -0.3 is 9.64 Å². The molecule has 0 N–H and O–H groups in total. The van der Waals surface area contributed by atoms with E-state index in [4.69, 9.17) is 4.74 Å². The molecule has 0 aromatic carbocycles. The molecule has 4 saturated carbocycles. The van der Waals surface area contributed by atoms with E-state index >= 15 is 0 Å². The maximum atomic E-state index is 13.5. The molecule has 1 atom stereocenters. The largest absolute Gasteiger partial charge is 0.373 e. The molecule has 6 fully saturated rings. The van der Waals surface area contributed by atoms with E-state index in [0.717, 1.165) is 48.6 Å². The molecule has 5 heteroatoms. The maximum Gasteiger partial charge on any atom is 0.228 e. The van der Waals surface area contributed by atoms with Gasteiger partial charge in [-0.25, -0.2) is 0 Å². The average Bonchev–Trinajstić information content (AvgIpc) is 3.09. The lowest BCUT2D eigenvalue weighted by atomic mass is 9.49. The Morgan fingerprint density at radius 2 is 1.86 bits per heavy atom. The fourth-order valence-electron chi connectivity index (χ4n) is 7.33. The van der Waals surface area contributed by atoms with Gasteiger partial charge in [-0.2, -0.15) is 0 Å². The average molecular weight is 399 g/mol. The van der Waals surface area contributed by atoms with Gasteiger partial charge in [0.15, 0.2) is 0 Å². The fraction of sp³-hybridized carbons (Fsp3) is 0.739. The molecule has 28 heavy (non-hydrogen) atoms. The molecule has 4 aliphatic carbocycles. The number of nitrogens with zero attached hydrogens (tertiary/aromatic N) is 2. The second-order valence-corrected chi connectivity index (χ2v) is 11.8. The smallest absolute Gasteiger partial charge is 0.228 e. The van der Waals surface area contributed by atoms with Gasteiger partial charge in [0, 0.05) is 31.2 Å². The van der Waals surface area contributed by atoms with Gasteiger partial charge in [-0.15, -0.1) is 11.8 Å². The molecule has 1 aromatic heterocycles. The van der Waals surface area contributed by atoms with Crippen LogP contribution in [0.25, 0.3) is 0 Å². The van der Waals surface area contributed by atoms with Crippen LogP contribution in [0.3, 0.4) is 0 Å². The molecule has 0 unspecified atom stereocenters. The van der Waals surface area contributed by atoms with E-state index in [9.17, 15) is 4.79 Å². The molecular formula is C23H30N2O2S. The molecule has 3 heterocycles. The van der Waals surface area contributed by atoms with Crippen LogP contribution in [0.5, 0.6) is 0 Å². The van der Waals surface area contributed by atoms with Crippen molar-refractivity contribution >= 4 is 17.7 Å². The summed E-state index contributed by atoms with van der Waals surface area (Å²) in [5.74, 6) is 4.10. The van der Waals surface area contributed by atoms with Crippen molar-refractivity contribution in [3.8, 4) is 0 Å². The molecule has 4 nitrogen and oxygen atoms in total. The van der Waals surface area contributed by atoms with Crippen molar-refractivity contribution in [3.63, 3.8) is 0 Å². The number of hydrogen-bond donors (Lipinski definition) is 0. The standard InChI is InChI=1S/C23H30N2O2S/c26-21(22-7-17-4-18(8-22)6-19(5-17)9-22)25-14-23(15-25)10-20(13-28-23)27-12-16-2-1-3-24-11-16/h1-3,11,17-20H,4-10,12-15H2/t17?,18?,19?,20-,22?/m1/s1. The Morgan fingerprint density at radius 1 is 1.14 bits per heavy atom. The molecule has 1 spiro atoms. The number of carbonyl (C=O) groups is 1. The van der Waals surface area contributed by atoms with Crippen molar-refractivity contribution < 1.29 is 9.53 Å². The number of thioether (sulfide) groups is 1. The van der Waals surface area contributed by atoms with Crippen LogP contribution >= 0.6 is 11.8 Å². The van der Waals surface area contributed by atoms with E-state index in [2.05, 4.69) is 16.0 Å². The highest BCUT2D eigenvalue weighted by Gasteiger charge is 2.59. The fourth-order valence-corrected chi connectivity index (χ4v) is 8.88. The third-order valence-electron chi connectivity index (χ3n) is 8.12. The van der Waals surface area contributed by atoms with Gasteiger partial charge in [-0.05, 0) is 74.3 Å². The molecule has 2 saturated heterocycles. The topological polar surface area (TPSA) is 42.4 Å². The van der Waals surface area contributed by atoms with Crippen molar-refractivity contribution in [2.45, 2.75) is 62.4 Å². The predicted molar refractivity (Wildman–Crippen MR) is 110 cm³/mol. The van der Waals surface area contributed by atoms with Crippen molar-refractivity contribution in [2.24, 2.45) is 23.2 Å². The Balaban J connectivity index is 1.05. The molecule has 7 rings (SSSR count). The SMILES string of the molecule is O=C(N1CC2(C[C@@H](OCc3cccnc3)CS2)C1)C12CC3CC(CC(C3)C1)C2. The van der Waals surface area contributed by atoms with Crippen LogP contribution in [0.1, 0.15) is 50.5 Å². The summed E-state index contributed by atoms with van der Waals surface area (Å²) in [5, 5.41) is 0. The molecular weight excluding hydrogens is 368 g/mol. The van der Waals surface area contributed by atoms with E-state index in [1.54, 1.807) is 6.20 Å². The van der Waals surface area contributed by atoms with Gasteiger partial charge >= 0.3 is 0 Å². The van der Waals surface area contributed by atoms with Gasteiger partial charge in [-0.1, -0.05) is 6.07 Å². The molecule has 4 bridgehead atoms. The first-order chi connectivity index (χ1) is 13.6. The normalized spacial score (nSPS) is 40.1. The minimum atomic E-state index is 0.0237. The van der Waals surface area contributed by atoms with Crippen molar-refractivity contribution in [3.05, 3.63) is 30.1 Å². The summed E-state index contributed by atoms with van der Waals surface area (Å²) in [6.07, 6.45) is 12.8. The lowest BCUT2D eigenvalue weighted by Crippen LogP contribution is -2.65. The van der Waals surface area contributed by atoms with Gasteiger partial charge in [-0.3, -0.25) is 9.78 Å². The van der Waals surface area contributed by atoms with E-state index < -0.39 is 0 Å². The lowest BCUT2D eigenvalue weighted by Gasteiger charge is -2.59. The number of rotatable bonds is 4. The number of ether oxygens (including phenoxy) is 1. The number of carbonyl (C=O) groups excluding carboxylic acids is 1. The zero-order valence-corrected chi connectivity index (χ0v) is 17.3. The van der Waals surface area contributed by atoms with E-state index in [1.165, 1.54) is 38.5 Å². The highest BCUT2D eigenvalue weighted by atomic mass is 32.2. The van der Waals surface area contributed by atoms with Gasteiger partial charge in [0.05, 0.1) is 22.9 Å². The molecule has 150 valence electrons. The Labute approximate surface area is 171 Å². The Morgan fingerprint density at radius 3 is 2.50 bits per heavy atom. The Hall–Kier alpha value is -1.07. The van der Waals surface area contributed by atoms with Crippen LogP contribution in [0.15, 0.2) is 24.5 Å². The van der Waals surface area contributed by atoms with Crippen LogP contribution in [0.2, 0.25) is 0 Å². The summed E-state index contributed by atoms with van der Waals surface area (Å²) in [4.78, 5) is 19.9. The minimum Gasteiger partial charge on any atom is -0.373 e. The zero-order chi connectivity index (χ0) is 18.8. The summed E-state index contributed by atoms with van der Waals surface area (Å²) in [7, 11) is 0. The van der Waals surface area contributed by atoms with Crippen molar-refractivity contribution in [1.29, 1.82) is 0 Å². The molecule has 0 radical (unpaired) electrons. The summed E-state index contributed by atoms with van der Waals surface area (Å²) in [6.45, 7) is 2.54. The molecule has 1 amide bonds. The summed E-state index contributed by atoms with van der Waals surface area (Å²) in [6, 6.07) is 4.03. The van der Waals surface area contributed by atoms with Gasteiger partial charge in [0.25, 0.3) is 0 Å². The van der Waals surface area contributed by atoms with Crippen LogP contribution in [-0.2, 0) is 16.1 Å². The highest BCUT2D eigenvalue weighted by Crippen LogP contribution is 2.61. The monoisotopic (exact) mass is 398 g/mol. The molecule has 1 aromatic rings.